The molecular formula is C31H37N9O2S. The summed E-state index contributed by atoms with van der Waals surface area (Å²) in [5.41, 5.74) is 8.57. The van der Waals surface area contributed by atoms with E-state index in [1.54, 1.807) is 11.3 Å². The second-order valence-electron chi connectivity index (χ2n) is 14.1. The van der Waals surface area contributed by atoms with Gasteiger partial charge in [-0.25, -0.2) is 0 Å². The quantitative estimate of drug-likeness (QED) is 0.484. The third-order valence-corrected chi connectivity index (χ3v) is 12.3. The number of anilines is 3. The number of hydrogen-bond donors (Lipinski definition) is 2. The minimum absolute atomic E-state index is 0.113. The van der Waals surface area contributed by atoms with Crippen molar-refractivity contribution in [2.24, 2.45) is 5.41 Å². The second kappa shape index (κ2) is 9.42. The van der Waals surface area contributed by atoms with E-state index in [1.807, 2.05) is 0 Å². The molecule has 1 spiro atoms. The molecule has 7 heterocycles. The number of nitriles is 2. The van der Waals surface area contributed by atoms with Crippen molar-refractivity contribution in [3.63, 3.8) is 0 Å². The Hall–Kier alpha value is -3.16. The zero-order chi connectivity index (χ0) is 28.9. The van der Waals surface area contributed by atoms with E-state index in [0.29, 0.717) is 77.7 Å². The van der Waals surface area contributed by atoms with Crippen LogP contribution in [0.5, 0.6) is 6.01 Å². The first kappa shape index (κ1) is 26.3. The Labute approximate surface area is 255 Å². The molecule has 11 nitrogen and oxygen atoms in total. The van der Waals surface area contributed by atoms with E-state index in [1.165, 1.54) is 4.88 Å². The fourth-order valence-electron chi connectivity index (χ4n) is 8.83. The number of rotatable bonds is 7. The predicted molar refractivity (Wildman–Crippen MR) is 161 cm³/mol. The number of nitrogens with two attached hydrogens (primary N) is 1. The van der Waals surface area contributed by atoms with Gasteiger partial charge in [-0.1, -0.05) is 0 Å². The smallest absolute Gasteiger partial charge is 0.320 e. The number of aryl methyl sites for hydroxylation is 1. The van der Waals surface area contributed by atoms with E-state index in [4.69, 9.17) is 25.2 Å². The van der Waals surface area contributed by atoms with Crippen molar-refractivity contribution >= 4 is 28.0 Å². The molecule has 5 aliphatic heterocycles. The maximum Gasteiger partial charge on any atom is 0.320 e. The first-order valence-corrected chi connectivity index (χ1v) is 16.6. The highest BCUT2D eigenvalue weighted by atomic mass is 32.1. The van der Waals surface area contributed by atoms with Crippen LogP contribution >= 0.6 is 11.3 Å². The molecule has 2 aromatic heterocycles. The van der Waals surface area contributed by atoms with E-state index in [-0.39, 0.29) is 10.8 Å². The Morgan fingerprint density at radius 1 is 1.02 bits per heavy atom. The first-order valence-electron chi connectivity index (χ1n) is 15.8. The Bertz CT molecular complexity index is 1560. The van der Waals surface area contributed by atoms with Gasteiger partial charge in [0, 0.05) is 73.1 Å². The molecule has 3 N–H and O–H groups in total. The van der Waals surface area contributed by atoms with Gasteiger partial charge in [0.15, 0.2) is 11.6 Å². The predicted octanol–water partition coefficient (Wildman–Crippen LogP) is 2.14. The summed E-state index contributed by atoms with van der Waals surface area (Å²) in [5.74, 6) is 1.36. The van der Waals surface area contributed by atoms with E-state index in [9.17, 15) is 10.5 Å². The Morgan fingerprint density at radius 2 is 1.77 bits per heavy atom. The third-order valence-electron chi connectivity index (χ3n) is 11.3. The maximum absolute atomic E-state index is 10.5. The molecule has 6 fully saturated rings. The summed E-state index contributed by atoms with van der Waals surface area (Å²) >= 11 is 1.56. The molecule has 0 unspecified atom stereocenters. The van der Waals surface area contributed by atoms with Gasteiger partial charge in [-0.05, 0) is 50.5 Å². The normalized spacial score (nSPS) is 30.7. The summed E-state index contributed by atoms with van der Waals surface area (Å²) in [6.07, 6.45) is 8.11. The molecular weight excluding hydrogens is 562 g/mol. The fourth-order valence-corrected chi connectivity index (χ4v) is 9.97. The van der Waals surface area contributed by atoms with Crippen molar-refractivity contribution < 1.29 is 9.47 Å². The molecule has 4 atom stereocenters. The number of hydrogen-bond acceptors (Lipinski definition) is 12. The van der Waals surface area contributed by atoms with Crippen LogP contribution < -0.4 is 25.6 Å². The number of nitrogen functional groups attached to an aromatic ring is 1. The average Bonchev–Trinajstić information content (AvgIpc) is 3.44. The van der Waals surface area contributed by atoms with Crippen molar-refractivity contribution in [1.82, 2.24) is 20.2 Å². The second-order valence-corrected chi connectivity index (χ2v) is 15.3. The number of nitrogens with zero attached hydrogens (tertiary/aromatic N) is 7. The zero-order valence-corrected chi connectivity index (χ0v) is 25.2. The fraction of sp³-hybridized carbons (Fsp3) is 0.677. The topological polar surface area (TPSA) is 140 Å². The minimum Gasteiger partial charge on any atom is -0.463 e. The number of piperazine rings is 1. The van der Waals surface area contributed by atoms with Crippen LogP contribution in [-0.4, -0.2) is 91.6 Å². The average molecular weight is 600 g/mol. The number of morpholine rings is 1. The van der Waals surface area contributed by atoms with Crippen LogP contribution in [0.3, 0.4) is 0 Å². The van der Waals surface area contributed by atoms with Gasteiger partial charge in [0.05, 0.1) is 24.9 Å². The number of likely N-dealkylation sites (tertiary alicyclic amines) is 1. The molecule has 12 heteroatoms. The lowest BCUT2D eigenvalue weighted by molar-refractivity contribution is 0.0176. The molecule has 4 bridgehead atoms. The lowest BCUT2D eigenvalue weighted by atomic mass is 9.74. The number of nitrogens with one attached hydrogen (secondary N) is 1. The van der Waals surface area contributed by atoms with Crippen molar-refractivity contribution in [3.8, 4) is 18.1 Å². The highest BCUT2D eigenvalue weighted by Crippen LogP contribution is 2.53. The van der Waals surface area contributed by atoms with Crippen molar-refractivity contribution in [2.75, 3.05) is 68.0 Å². The van der Waals surface area contributed by atoms with Crippen molar-refractivity contribution in [1.29, 1.82) is 10.5 Å². The molecule has 7 aliphatic rings. The van der Waals surface area contributed by atoms with Gasteiger partial charge in [0.1, 0.15) is 22.7 Å². The van der Waals surface area contributed by atoms with Crippen LogP contribution in [0.1, 0.15) is 60.1 Å². The minimum atomic E-state index is -0.113. The monoisotopic (exact) mass is 599 g/mol. The van der Waals surface area contributed by atoms with E-state index >= 15 is 0 Å². The van der Waals surface area contributed by atoms with E-state index in [2.05, 4.69) is 32.2 Å². The standard InChI is InChI=1S/C31H37N9O2S/c32-8-22-25-24(43-26(22)34)3-4-31(25)15-40(16-31)28-23(9-33)27(38-10-18-1-2-19(11-38)35-18)36-29(37-28)42-17-30(5-6-30)14-39-12-21-7-20(39)13-41-21/h18-21,35H,1-7,10-17,34H2/t18-,19+,20-,21-/m0/s1. The Morgan fingerprint density at radius 3 is 2.42 bits per heavy atom. The highest BCUT2D eigenvalue weighted by molar-refractivity contribution is 7.16. The van der Waals surface area contributed by atoms with E-state index in [0.717, 1.165) is 83.3 Å². The lowest BCUT2D eigenvalue weighted by Gasteiger charge is -2.49. The molecule has 1 saturated carbocycles. The molecule has 224 valence electrons. The van der Waals surface area contributed by atoms with Crippen LogP contribution in [0, 0.1) is 28.1 Å². The van der Waals surface area contributed by atoms with Gasteiger partial charge in [0.25, 0.3) is 0 Å². The van der Waals surface area contributed by atoms with Gasteiger partial charge in [-0.15, -0.1) is 11.3 Å². The lowest BCUT2D eigenvalue weighted by Crippen LogP contribution is -2.59. The van der Waals surface area contributed by atoms with Gasteiger partial charge in [-0.2, -0.15) is 20.5 Å². The summed E-state index contributed by atoms with van der Waals surface area (Å²) in [5, 5.41) is 24.7. The maximum atomic E-state index is 10.5. The SMILES string of the molecule is N#Cc1c(N2C[C@H]3CC[C@@H](C2)N3)nc(OCC2(CN3C[C@@H]4C[C@H]3CO4)CC2)nc1N1CC2(CCc3sc(N)c(C#N)c32)C1. The van der Waals surface area contributed by atoms with Gasteiger partial charge >= 0.3 is 6.01 Å². The van der Waals surface area contributed by atoms with Gasteiger partial charge < -0.3 is 30.3 Å². The summed E-state index contributed by atoms with van der Waals surface area (Å²) in [6.45, 7) is 6.60. The first-order chi connectivity index (χ1) is 20.9. The zero-order valence-electron chi connectivity index (χ0n) is 24.3. The Balaban J connectivity index is 1.01. The van der Waals surface area contributed by atoms with Crippen LogP contribution in [0.2, 0.25) is 0 Å². The number of thiophene rings is 1. The third kappa shape index (κ3) is 4.14. The molecule has 5 saturated heterocycles. The van der Waals surface area contributed by atoms with Gasteiger partial charge in [0.2, 0.25) is 0 Å². The Kier molecular flexibility index (Phi) is 5.75. The summed E-state index contributed by atoms with van der Waals surface area (Å²) in [7, 11) is 0. The van der Waals surface area contributed by atoms with Crippen molar-refractivity contribution in [2.45, 2.75) is 74.6 Å². The molecule has 0 aromatic carbocycles. The molecule has 2 aliphatic carbocycles. The van der Waals surface area contributed by atoms with Crippen molar-refractivity contribution in [3.05, 3.63) is 21.6 Å². The largest absolute Gasteiger partial charge is 0.463 e. The highest BCUT2D eigenvalue weighted by Gasteiger charge is 2.53. The molecule has 0 radical (unpaired) electrons. The molecule has 0 amide bonds. The number of ether oxygens (including phenoxy) is 2. The van der Waals surface area contributed by atoms with E-state index < -0.39 is 0 Å². The number of fused-ring (bicyclic) bond motifs is 6. The van der Waals surface area contributed by atoms with Crippen LogP contribution in [0.4, 0.5) is 16.6 Å². The molecule has 43 heavy (non-hydrogen) atoms. The van der Waals surface area contributed by atoms with Gasteiger partial charge in [-0.3, -0.25) is 4.90 Å². The van der Waals surface area contributed by atoms with Crippen LogP contribution in [-0.2, 0) is 16.6 Å². The molecule has 9 rings (SSSR count). The summed E-state index contributed by atoms with van der Waals surface area (Å²) in [4.78, 5) is 18.2. The summed E-state index contributed by atoms with van der Waals surface area (Å²) in [6, 6.07) is 6.61. The van der Waals surface area contributed by atoms with Crippen LogP contribution in [0.15, 0.2) is 0 Å². The molecule has 2 aromatic rings. The van der Waals surface area contributed by atoms with Crippen LogP contribution in [0.25, 0.3) is 0 Å². The summed E-state index contributed by atoms with van der Waals surface area (Å²) < 4.78 is 12.3. The number of aromatic nitrogens is 2.